The number of benzene rings is 10. The van der Waals surface area contributed by atoms with Gasteiger partial charge in [-0.25, -0.2) is 0 Å². The van der Waals surface area contributed by atoms with Crippen LogP contribution in [0, 0.1) is 0 Å². The van der Waals surface area contributed by atoms with Gasteiger partial charge in [0.1, 0.15) is 0 Å². The summed E-state index contributed by atoms with van der Waals surface area (Å²) in [6.07, 6.45) is 0. The highest BCUT2D eigenvalue weighted by atomic mass is 15.1. The van der Waals surface area contributed by atoms with Crippen LogP contribution in [0.2, 0.25) is 0 Å². The molecule has 0 aromatic heterocycles. The number of anilines is 3. The highest BCUT2D eigenvalue weighted by Gasteiger charge is 2.52. The van der Waals surface area contributed by atoms with Crippen LogP contribution in [0.15, 0.2) is 224 Å². The largest absolute Gasteiger partial charge is 0.310 e. The standard InChI is InChI=1S/C62H43N/c1-61(2)57-38-43(30-35-49(57)50-36-34-46(39-58(50)61)63(44-19-7-4-8-20-44)45-32-28-41(29-33-45)40-16-5-3-6-17-40)48-24-15-27-55-60(48)52-23-12-14-26-54(52)62(55)53-25-13-11-22-51(53)59-47-21-10-9-18-42(47)31-37-56(59)62/h3-39H,1-2H3. The highest BCUT2D eigenvalue weighted by Crippen LogP contribution is 2.65. The molecule has 63 heavy (non-hydrogen) atoms. The van der Waals surface area contributed by atoms with Crippen LogP contribution in [-0.4, -0.2) is 0 Å². The first-order chi connectivity index (χ1) is 31.0. The number of fused-ring (bicyclic) bond motifs is 15. The van der Waals surface area contributed by atoms with E-state index in [9.17, 15) is 0 Å². The van der Waals surface area contributed by atoms with Crippen molar-refractivity contribution in [1.82, 2.24) is 0 Å². The molecule has 0 bridgehead atoms. The lowest BCUT2D eigenvalue weighted by Gasteiger charge is -2.30. The molecule has 3 aliphatic carbocycles. The molecule has 1 spiro atoms. The van der Waals surface area contributed by atoms with Crippen molar-refractivity contribution < 1.29 is 0 Å². The molecule has 0 radical (unpaired) electrons. The Balaban J connectivity index is 0.942. The first-order valence-corrected chi connectivity index (χ1v) is 22.2. The van der Waals surface area contributed by atoms with Gasteiger partial charge < -0.3 is 4.90 Å². The van der Waals surface area contributed by atoms with Gasteiger partial charge in [0.25, 0.3) is 0 Å². The third-order valence-corrected chi connectivity index (χ3v) is 14.5. The second kappa shape index (κ2) is 13.4. The first-order valence-electron chi connectivity index (χ1n) is 22.2. The smallest absolute Gasteiger partial charge is 0.0725 e. The molecule has 296 valence electrons. The molecule has 0 aliphatic heterocycles. The summed E-state index contributed by atoms with van der Waals surface area (Å²) in [6.45, 7) is 4.81. The molecule has 0 amide bonds. The molecule has 10 aromatic rings. The summed E-state index contributed by atoms with van der Waals surface area (Å²) in [5, 5.41) is 2.60. The zero-order valence-corrected chi connectivity index (χ0v) is 35.3. The Kier molecular flexibility index (Phi) is 7.64. The number of rotatable bonds is 5. The van der Waals surface area contributed by atoms with Crippen LogP contribution >= 0.6 is 0 Å². The van der Waals surface area contributed by atoms with E-state index in [0.29, 0.717) is 0 Å². The summed E-state index contributed by atoms with van der Waals surface area (Å²) in [5.41, 5.74) is 24.0. The van der Waals surface area contributed by atoms with Crippen LogP contribution in [0.4, 0.5) is 17.1 Å². The molecule has 3 aliphatic rings. The quantitative estimate of drug-likeness (QED) is 0.168. The van der Waals surface area contributed by atoms with Crippen molar-refractivity contribution in [3.05, 3.63) is 258 Å². The Hall–Kier alpha value is -7.74. The van der Waals surface area contributed by atoms with Crippen molar-refractivity contribution in [2.45, 2.75) is 24.7 Å². The van der Waals surface area contributed by atoms with Crippen molar-refractivity contribution >= 4 is 27.8 Å². The predicted octanol–water partition coefficient (Wildman–Crippen LogP) is 16.3. The van der Waals surface area contributed by atoms with Crippen LogP contribution < -0.4 is 4.90 Å². The van der Waals surface area contributed by atoms with E-state index in [2.05, 4.69) is 243 Å². The lowest BCUT2D eigenvalue weighted by atomic mass is 9.70. The molecule has 13 rings (SSSR count). The van der Waals surface area contributed by atoms with E-state index in [-0.39, 0.29) is 5.41 Å². The van der Waals surface area contributed by atoms with Crippen molar-refractivity contribution in [2.75, 3.05) is 4.90 Å². The molecule has 0 saturated carbocycles. The Morgan fingerprint density at radius 3 is 1.59 bits per heavy atom. The Labute approximate surface area is 369 Å². The van der Waals surface area contributed by atoms with E-state index in [1.54, 1.807) is 0 Å². The SMILES string of the molecule is CC1(C)c2cc(-c3cccc4c3-c3ccccc3C43c4ccccc4-c4c3ccc3ccccc43)ccc2-c2ccc(N(c3ccccc3)c3ccc(-c4ccccc4)cc3)cc21. The molecule has 1 nitrogen and oxygen atoms in total. The first kappa shape index (κ1) is 36.0. The van der Waals surface area contributed by atoms with Gasteiger partial charge in [0.2, 0.25) is 0 Å². The second-order valence-electron chi connectivity index (χ2n) is 18.0. The van der Waals surface area contributed by atoms with Crippen LogP contribution in [0.1, 0.15) is 47.2 Å². The van der Waals surface area contributed by atoms with Crippen molar-refractivity contribution in [2.24, 2.45) is 0 Å². The molecule has 1 atom stereocenters. The Morgan fingerprint density at radius 1 is 0.302 bits per heavy atom. The summed E-state index contributed by atoms with van der Waals surface area (Å²) >= 11 is 0. The van der Waals surface area contributed by atoms with Crippen LogP contribution in [-0.2, 0) is 10.8 Å². The minimum Gasteiger partial charge on any atom is -0.310 e. The molecule has 0 heterocycles. The van der Waals surface area contributed by atoms with E-state index in [0.717, 1.165) is 17.1 Å². The van der Waals surface area contributed by atoms with Gasteiger partial charge in [0.05, 0.1) is 5.41 Å². The average molecular weight is 802 g/mol. The fourth-order valence-corrected chi connectivity index (χ4v) is 11.7. The van der Waals surface area contributed by atoms with Gasteiger partial charge in [0.15, 0.2) is 0 Å². The normalized spacial score (nSPS) is 15.7. The predicted molar refractivity (Wildman–Crippen MR) is 263 cm³/mol. The van der Waals surface area contributed by atoms with Gasteiger partial charge in [-0.2, -0.15) is 0 Å². The van der Waals surface area contributed by atoms with Crippen LogP contribution in [0.5, 0.6) is 0 Å². The topological polar surface area (TPSA) is 3.24 Å². The number of hydrogen-bond acceptors (Lipinski definition) is 1. The van der Waals surface area contributed by atoms with Crippen molar-refractivity contribution in [1.29, 1.82) is 0 Å². The van der Waals surface area contributed by atoms with E-state index in [1.807, 2.05) is 0 Å². The maximum atomic E-state index is 2.50. The molecule has 1 heteroatoms. The molecule has 1 unspecified atom stereocenters. The molecular weight excluding hydrogens is 759 g/mol. The fraction of sp³-hybridized carbons (Fsp3) is 0.0645. The zero-order chi connectivity index (χ0) is 41.9. The lowest BCUT2D eigenvalue weighted by Crippen LogP contribution is -2.25. The Morgan fingerprint density at radius 2 is 0.825 bits per heavy atom. The lowest BCUT2D eigenvalue weighted by molar-refractivity contribution is 0.660. The molecule has 0 saturated heterocycles. The summed E-state index contributed by atoms with van der Waals surface area (Å²) in [5.74, 6) is 0. The van der Waals surface area contributed by atoms with Gasteiger partial charge in [-0.1, -0.05) is 196 Å². The minimum absolute atomic E-state index is 0.225. The van der Waals surface area contributed by atoms with Crippen molar-refractivity contribution in [3.63, 3.8) is 0 Å². The maximum absolute atomic E-state index is 2.50. The van der Waals surface area contributed by atoms with E-state index in [1.165, 1.54) is 99.8 Å². The molecule has 0 fully saturated rings. The molecule has 10 aromatic carbocycles. The van der Waals surface area contributed by atoms with Gasteiger partial charge >= 0.3 is 0 Å². The zero-order valence-electron chi connectivity index (χ0n) is 35.3. The Bertz CT molecular complexity index is 3470. The monoisotopic (exact) mass is 801 g/mol. The third-order valence-electron chi connectivity index (χ3n) is 14.5. The van der Waals surface area contributed by atoms with Gasteiger partial charge in [0, 0.05) is 22.5 Å². The number of hydrogen-bond donors (Lipinski definition) is 0. The molecule has 0 N–H and O–H groups in total. The molecular formula is C62H43N. The van der Waals surface area contributed by atoms with Gasteiger partial charge in [-0.15, -0.1) is 0 Å². The van der Waals surface area contributed by atoms with Gasteiger partial charge in [-0.3, -0.25) is 0 Å². The number of nitrogens with zero attached hydrogens (tertiary/aromatic N) is 1. The van der Waals surface area contributed by atoms with E-state index < -0.39 is 5.41 Å². The van der Waals surface area contributed by atoms with Crippen molar-refractivity contribution in [3.8, 4) is 55.6 Å². The van der Waals surface area contributed by atoms with Crippen LogP contribution in [0.25, 0.3) is 66.4 Å². The fourth-order valence-electron chi connectivity index (χ4n) is 11.7. The van der Waals surface area contributed by atoms with Gasteiger partial charge in [-0.05, 0) is 142 Å². The van der Waals surface area contributed by atoms with Crippen LogP contribution in [0.3, 0.4) is 0 Å². The number of para-hydroxylation sites is 1. The van der Waals surface area contributed by atoms with E-state index in [4.69, 9.17) is 0 Å². The average Bonchev–Trinajstić information content (AvgIpc) is 3.91. The maximum Gasteiger partial charge on any atom is 0.0725 e. The van der Waals surface area contributed by atoms with E-state index >= 15 is 0 Å². The summed E-state index contributed by atoms with van der Waals surface area (Å²) in [6, 6.07) is 83.7. The summed E-state index contributed by atoms with van der Waals surface area (Å²) in [4.78, 5) is 2.39. The minimum atomic E-state index is -0.410. The highest BCUT2D eigenvalue weighted by molar-refractivity contribution is 6.07. The second-order valence-corrected chi connectivity index (χ2v) is 18.0. The summed E-state index contributed by atoms with van der Waals surface area (Å²) in [7, 11) is 0. The third kappa shape index (κ3) is 4.99. The summed E-state index contributed by atoms with van der Waals surface area (Å²) < 4.78 is 0.